The molecule has 0 spiro atoms. The van der Waals surface area contributed by atoms with Crippen molar-refractivity contribution in [3.8, 4) is 0 Å². The lowest BCUT2D eigenvalue weighted by Gasteiger charge is -2.12. The average molecular weight is 354 g/mol. The van der Waals surface area contributed by atoms with Gasteiger partial charge in [-0.25, -0.2) is 18.4 Å². The predicted octanol–water partition coefficient (Wildman–Crippen LogP) is 2.82. The van der Waals surface area contributed by atoms with Gasteiger partial charge in [0.2, 0.25) is 0 Å². The van der Waals surface area contributed by atoms with Crippen molar-refractivity contribution >= 4 is 56.2 Å². The van der Waals surface area contributed by atoms with Crippen LogP contribution < -0.4 is 10.5 Å². The molecule has 0 saturated heterocycles. The summed E-state index contributed by atoms with van der Waals surface area (Å²) in [6.45, 7) is 0. The number of hydrogen-bond donors (Lipinski definition) is 2. The number of nitrogen functional groups attached to an aromatic ring is 1. The first-order valence-electron chi connectivity index (χ1n) is 5.05. The zero-order chi connectivity index (χ0) is 14.9. The van der Waals surface area contributed by atoms with Crippen LogP contribution in [-0.4, -0.2) is 18.4 Å². The SMILES string of the molecule is Nc1cccc(Cl)c1S(=O)(=O)Nc1c(Cl)ncnc1Cl. The van der Waals surface area contributed by atoms with E-state index in [9.17, 15) is 8.42 Å². The number of hydrogen-bond acceptors (Lipinski definition) is 5. The Morgan fingerprint density at radius 3 is 2.25 bits per heavy atom. The first-order chi connectivity index (χ1) is 9.33. The van der Waals surface area contributed by atoms with E-state index in [0.717, 1.165) is 6.33 Å². The highest BCUT2D eigenvalue weighted by Gasteiger charge is 2.23. The highest BCUT2D eigenvalue weighted by Crippen LogP contribution is 2.32. The molecule has 0 fully saturated rings. The van der Waals surface area contributed by atoms with Crippen LogP contribution in [0.4, 0.5) is 11.4 Å². The number of nitrogens with two attached hydrogens (primary N) is 1. The maximum absolute atomic E-state index is 12.3. The molecule has 10 heteroatoms. The zero-order valence-corrected chi connectivity index (χ0v) is 12.7. The van der Waals surface area contributed by atoms with E-state index in [1.54, 1.807) is 0 Å². The van der Waals surface area contributed by atoms with Gasteiger partial charge in [-0.3, -0.25) is 4.72 Å². The summed E-state index contributed by atoms with van der Waals surface area (Å²) < 4.78 is 26.8. The normalized spacial score (nSPS) is 11.3. The van der Waals surface area contributed by atoms with Crippen LogP contribution in [-0.2, 0) is 10.0 Å². The van der Waals surface area contributed by atoms with E-state index in [1.807, 2.05) is 0 Å². The molecule has 1 aromatic carbocycles. The molecule has 1 aromatic heterocycles. The average Bonchev–Trinajstić information content (AvgIpc) is 2.33. The molecule has 0 unspecified atom stereocenters. The highest BCUT2D eigenvalue weighted by atomic mass is 35.5. The maximum Gasteiger partial charge on any atom is 0.265 e. The van der Waals surface area contributed by atoms with E-state index in [2.05, 4.69) is 14.7 Å². The Bertz CT molecular complexity index is 727. The third-order valence-electron chi connectivity index (χ3n) is 2.26. The molecule has 2 rings (SSSR count). The van der Waals surface area contributed by atoms with Gasteiger partial charge in [0.1, 0.15) is 16.9 Å². The number of rotatable bonds is 3. The zero-order valence-electron chi connectivity index (χ0n) is 9.64. The second-order valence-corrected chi connectivity index (χ2v) is 6.34. The number of anilines is 2. The fraction of sp³-hybridized carbons (Fsp3) is 0. The minimum Gasteiger partial charge on any atom is -0.398 e. The molecule has 3 N–H and O–H groups in total. The number of nitrogens with zero attached hydrogens (tertiary/aromatic N) is 2. The van der Waals surface area contributed by atoms with Crippen LogP contribution in [0.5, 0.6) is 0 Å². The van der Waals surface area contributed by atoms with Crippen LogP contribution in [0.3, 0.4) is 0 Å². The van der Waals surface area contributed by atoms with Crippen LogP contribution >= 0.6 is 34.8 Å². The van der Waals surface area contributed by atoms with Crippen molar-refractivity contribution in [1.82, 2.24) is 9.97 Å². The van der Waals surface area contributed by atoms with Gasteiger partial charge in [0.25, 0.3) is 10.0 Å². The van der Waals surface area contributed by atoms with Crippen molar-refractivity contribution in [2.24, 2.45) is 0 Å². The number of sulfonamides is 1. The van der Waals surface area contributed by atoms with E-state index in [-0.39, 0.29) is 31.6 Å². The topological polar surface area (TPSA) is 98.0 Å². The van der Waals surface area contributed by atoms with Gasteiger partial charge < -0.3 is 5.73 Å². The molecule has 0 bridgehead atoms. The van der Waals surface area contributed by atoms with Crippen LogP contribution in [0.15, 0.2) is 29.4 Å². The molecule has 0 aliphatic carbocycles. The third kappa shape index (κ3) is 2.90. The van der Waals surface area contributed by atoms with Crippen molar-refractivity contribution in [1.29, 1.82) is 0 Å². The summed E-state index contributed by atoms with van der Waals surface area (Å²) in [7, 11) is -4.08. The van der Waals surface area contributed by atoms with Gasteiger partial charge in [0, 0.05) is 0 Å². The minimum atomic E-state index is -4.08. The van der Waals surface area contributed by atoms with Gasteiger partial charge in [0.05, 0.1) is 10.7 Å². The van der Waals surface area contributed by atoms with Gasteiger partial charge in [0.15, 0.2) is 10.3 Å². The Hall–Kier alpha value is -1.28. The molecule has 2 aromatic rings. The molecule has 106 valence electrons. The summed E-state index contributed by atoms with van der Waals surface area (Å²) in [6, 6.07) is 4.34. The van der Waals surface area contributed by atoms with Gasteiger partial charge in [-0.1, -0.05) is 40.9 Å². The molecule has 0 atom stereocenters. The molecular formula is C10H7Cl3N4O2S. The molecular weight excluding hydrogens is 347 g/mol. The Morgan fingerprint density at radius 2 is 1.70 bits per heavy atom. The summed E-state index contributed by atoms with van der Waals surface area (Å²) in [6.07, 6.45) is 1.10. The molecule has 20 heavy (non-hydrogen) atoms. The summed E-state index contributed by atoms with van der Waals surface area (Å²) in [5, 5.41) is -0.306. The number of halogens is 3. The molecule has 0 aliphatic heterocycles. The number of nitrogens with one attached hydrogen (secondary N) is 1. The summed E-state index contributed by atoms with van der Waals surface area (Å²) in [5.74, 6) is 0. The number of benzene rings is 1. The maximum atomic E-state index is 12.3. The Kier molecular flexibility index (Phi) is 4.24. The smallest absolute Gasteiger partial charge is 0.265 e. The van der Waals surface area contributed by atoms with Crippen molar-refractivity contribution in [2.75, 3.05) is 10.5 Å². The van der Waals surface area contributed by atoms with Crippen molar-refractivity contribution in [3.05, 3.63) is 39.9 Å². The van der Waals surface area contributed by atoms with E-state index in [4.69, 9.17) is 40.5 Å². The van der Waals surface area contributed by atoms with Crippen LogP contribution in [0.2, 0.25) is 15.3 Å². The Labute approximate surface area is 129 Å². The lowest BCUT2D eigenvalue weighted by molar-refractivity contribution is 0.601. The molecule has 1 heterocycles. The summed E-state index contributed by atoms with van der Waals surface area (Å²) in [4.78, 5) is 7.02. The minimum absolute atomic E-state index is 0.00547. The van der Waals surface area contributed by atoms with Gasteiger partial charge in [-0.2, -0.15) is 0 Å². The second-order valence-electron chi connectivity index (χ2n) is 3.59. The van der Waals surface area contributed by atoms with Gasteiger partial charge >= 0.3 is 0 Å². The summed E-state index contributed by atoms with van der Waals surface area (Å²) in [5.41, 5.74) is 5.49. The van der Waals surface area contributed by atoms with E-state index >= 15 is 0 Å². The summed E-state index contributed by atoms with van der Waals surface area (Å²) >= 11 is 17.4. The molecule has 0 aliphatic rings. The highest BCUT2D eigenvalue weighted by molar-refractivity contribution is 7.93. The van der Waals surface area contributed by atoms with E-state index in [1.165, 1.54) is 18.2 Å². The largest absolute Gasteiger partial charge is 0.398 e. The lowest BCUT2D eigenvalue weighted by atomic mass is 10.3. The number of aromatic nitrogens is 2. The Morgan fingerprint density at radius 1 is 1.10 bits per heavy atom. The standard InChI is InChI=1S/C10H7Cl3N4O2S/c11-5-2-1-3-6(14)8(5)20(18,19)17-7-9(12)15-4-16-10(7)13/h1-4,17H,14H2. The first kappa shape index (κ1) is 15.1. The second kappa shape index (κ2) is 5.61. The monoisotopic (exact) mass is 352 g/mol. The fourth-order valence-corrected chi connectivity index (χ4v) is 3.70. The first-order valence-corrected chi connectivity index (χ1v) is 7.67. The molecule has 0 radical (unpaired) electrons. The fourth-order valence-electron chi connectivity index (χ4n) is 1.42. The van der Waals surface area contributed by atoms with Crippen LogP contribution in [0, 0.1) is 0 Å². The Balaban J connectivity index is 2.53. The van der Waals surface area contributed by atoms with Gasteiger partial charge in [-0.15, -0.1) is 0 Å². The van der Waals surface area contributed by atoms with E-state index in [0.29, 0.717) is 0 Å². The third-order valence-corrected chi connectivity index (χ3v) is 4.72. The lowest BCUT2D eigenvalue weighted by Crippen LogP contribution is -2.16. The van der Waals surface area contributed by atoms with Crippen LogP contribution in [0.25, 0.3) is 0 Å². The predicted molar refractivity (Wildman–Crippen MR) is 78.7 cm³/mol. The molecule has 6 nitrogen and oxygen atoms in total. The van der Waals surface area contributed by atoms with Crippen molar-refractivity contribution in [3.63, 3.8) is 0 Å². The quantitative estimate of drug-likeness (QED) is 0.653. The van der Waals surface area contributed by atoms with Crippen molar-refractivity contribution < 1.29 is 8.42 Å². The van der Waals surface area contributed by atoms with Gasteiger partial charge in [-0.05, 0) is 12.1 Å². The van der Waals surface area contributed by atoms with Crippen molar-refractivity contribution in [2.45, 2.75) is 4.90 Å². The van der Waals surface area contributed by atoms with Crippen LogP contribution in [0.1, 0.15) is 0 Å². The van der Waals surface area contributed by atoms with E-state index < -0.39 is 10.0 Å². The molecule has 0 amide bonds. The molecule has 0 saturated carbocycles.